The van der Waals surface area contributed by atoms with Crippen LogP contribution in [0, 0.1) is 0 Å². The van der Waals surface area contributed by atoms with Gasteiger partial charge in [-0.25, -0.2) is 14.5 Å². The fourth-order valence-corrected chi connectivity index (χ4v) is 6.37. The van der Waals surface area contributed by atoms with Crippen molar-refractivity contribution in [2.75, 3.05) is 45.3 Å². The second kappa shape index (κ2) is 11.1. The number of hydrogen-bond donors (Lipinski definition) is 0. The number of piperazine rings is 1. The van der Waals surface area contributed by atoms with Crippen molar-refractivity contribution in [3.8, 4) is 11.4 Å². The van der Waals surface area contributed by atoms with Crippen LogP contribution < -0.4 is 9.64 Å². The average Bonchev–Trinajstić information content (AvgIpc) is 3.52. The van der Waals surface area contributed by atoms with Crippen molar-refractivity contribution >= 4 is 55.9 Å². The number of carbonyl (C=O) groups is 1. The number of benzene rings is 2. The molecule has 1 fully saturated rings. The number of nitrogens with zero attached hydrogens (tertiary/aromatic N) is 5. The van der Waals surface area contributed by atoms with Gasteiger partial charge in [-0.3, -0.25) is 4.90 Å². The molecule has 4 aromatic rings. The maximum atomic E-state index is 12.1. The monoisotopic (exact) mass is 573 g/mol. The van der Waals surface area contributed by atoms with E-state index in [0.717, 1.165) is 53.8 Å². The van der Waals surface area contributed by atoms with Gasteiger partial charge in [-0.2, -0.15) is 5.10 Å². The smallest absolute Gasteiger partial charge is 0.338 e. The highest BCUT2D eigenvalue weighted by Crippen LogP contribution is 2.36. The summed E-state index contributed by atoms with van der Waals surface area (Å²) < 4.78 is 13.2. The molecule has 2 aromatic carbocycles. The Morgan fingerprint density at radius 1 is 1.11 bits per heavy atom. The van der Waals surface area contributed by atoms with Crippen LogP contribution in [0.25, 0.3) is 15.9 Å². The standard InChI is InChI=1S/C27H29Cl2N5O3S/c1-16(2)18-14-30-34(25-19(28)6-5-7-20(25)29)21(18)15-32-8-10-33(11-9-32)27-31-24-22(36-3)12-17(26(35)37-4)13-23(24)38-27/h5-7,12-14,16H,8-11,15H2,1-4H3. The van der Waals surface area contributed by atoms with E-state index in [9.17, 15) is 4.79 Å². The van der Waals surface area contributed by atoms with Crippen LogP contribution in [0.5, 0.6) is 5.75 Å². The number of halogens is 2. The molecular formula is C27H29Cl2N5O3S. The van der Waals surface area contributed by atoms with Crippen LogP contribution in [0.4, 0.5) is 5.13 Å². The summed E-state index contributed by atoms with van der Waals surface area (Å²) in [5.74, 6) is 0.484. The van der Waals surface area contributed by atoms with Crippen molar-refractivity contribution in [2.45, 2.75) is 26.3 Å². The number of thiazole rings is 1. The molecule has 200 valence electrons. The van der Waals surface area contributed by atoms with Crippen molar-refractivity contribution in [2.24, 2.45) is 0 Å². The number of rotatable bonds is 7. The zero-order valence-electron chi connectivity index (χ0n) is 21.7. The Hall–Kier alpha value is -2.85. The fraction of sp³-hybridized carbons (Fsp3) is 0.370. The summed E-state index contributed by atoms with van der Waals surface area (Å²) >= 11 is 14.6. The molecule has 0 amide bonds. The van der Waals surface area contributed by atoms with Crippen molar-refractivity contribution < 1.29 is 14.3 Å². The Morgan fingerprint density at radius 3 is 2.45 bits per heavy atom. The predicted molar refractivity (Wildman–Crippen MR) is 153 cm³/mol. The summed E-state index contributed by atoms with van der Waals surface area (Å²) in [4.78, 5) is 21.6. The highest BCUT2D eigenvalue weighted by atomic mass is 35.5. The summed E-state index contributed by atoms with van der Waals surface area (Å²) in [5.41, 5.74) is 4.20. The number of esters is 1. The van der Waals surface area contributed by atoms with E-state index in [1.165, 1.54) is 12.7 Å². The number of ether oxygens (including phenoxy) is 2. The second-order valence-corrected chi connectivity index (χ2v) is 11.3. The molecule has 3 heterocycles. The first kappa shape index (κ1) is 26.7. The maximum absolute atomic E-state index is 12.1. The van der Waals surface area contributed by atoms with Gasteiger partial charge in [-0.1, -0.05) is 54.5 Å². The molecule has 0 aliphatic carbocycles. The normalized spacial score (nSPS) is 14.4. The van der Waals surface area contributed by atoms with Crippen LogP contribution in [0.3, 0.4) is 0 Å². The minimum absolute atomic E-state index is 0.314. The molecule has 0 N–H and O–H groups in total. The van der Waals surface area contributed by atoms with E-state index in [1.54, 1.807) is 24.5 Å². The zero-order chi connectivity index (χ0) is 27.0. The van der Waals surface area contributed by atoms with Crippen molar-refractivity contribution in [3.63, 3.8) is 0 Å². The molecule has 38 heavy (non-hydrogen) atoms. The van der Waals surface area contributed by atoms with Gasteiger partial charge in [0.2, 0.25) is 0 Å². The lowest BCUT2D eigenvalue weighted by atomic mass is 10.0. The molecule has 0 atom stereocenters. The Morgan fingerprint density at radius 2 is 1.82 bits per heavy atom. The molecule has 11 heteroatoms. The summed E-state index contributed by atoms with van der Waals surface area (Å²) in [5, 5.41) is 6.74. The second-order valence-electron chi connectivity index (χ2n) is 9.46. The molecule has 1 aliphatic rings. The van der Waals surface area contributed by atoms with Crippen LogP contribution in [0.1, 0.15) is 41.4 Å². The Bertz CT molecular complexity index is 1460. The fourth-order valence-electron chi connectivity index (χ4n) is 4.73. The molecule has 8 nitrogen and oxygen atoms in total. The summed E-state index contributed by atoms with van der Waals surface area (Å²) in [6.07, 6.45) is 1.92. The van der Waals surface area contributed by atoms with Gasteiger partial charge in [-0.05, 0) is 35.7 Å². The van der Waals surface area contributed by atoms with Crippen molar-refractivity contribution in [3.05, 3.63) is 63.4 Å². The maximum Gasteiger partial charge on any atom is 0.338 e. The van der Waals surface area contributed by atoms with Crippen LogP contribution in [-0.4, -0.2) is 66.0 Å². The van der Waals surface area contributed by atoms with E-state index in [4.69, 9.17) is 37.7 Å². The number of anilines is 1. The first-order valence-corrected chi connectivity index (χ1v) is 13.9. The Balaban J connectivity index is 1.36. The first-order chi connectivity index (χ1) is 18.3. The largest absolute Gasteiger partial charge is 0.494 e. The van der Waals surface area contributed by atoms with Crippen molar-refractivity contribution in [1.82, 2.24) is 19.7 Å². The number of fused-ring (bicyclic) bond motifs is 1. The van der Waals surface area contributed by atoms with E-state index < -0.39 is 5.97 Å². The van der Waals surface area contributed by atoms with Gasteiger partial charge < -0.3 is 14.4 Å². The van der Waals surface area contributed by atoms with Gasteiger partial charge in [-0.15, -0.1) is 0 Å². The topological polar surface area (TPSA) is 72.7 Å². The van der Waals surface area contributed by atoms with Crippen LogP contribution in [0.15, 0.2) is 36.5 Å². The summed E-state index contributed by atoms with van der Waals surface area (Å²) in [6.45, 7) is 8.44. The highest BCUT2D eigenvalue weighted by Gasteiger charge is 2.25. The number of hydrogen-bond acceptors (Lipinski definition) is 8. The number of methoxy groups -OCH3 is 2. The average molecular weight is 575 g/mol. The number of para-hydroxylation sites is 1. The molecule has 0 saturated carbocycles. The SMILES string of the molecule is COC(=O)c1cc(OC)c2nc(N3CCN(Cc4c(C(C)C)cnn4-c4c(Cl)cccc4Cl)CC3)sc2c1. The predicted octanol–water partition coefficient (Wildman–Crippen LogP) is 6.03. The van der Waals surface area contributed by atoms with Gasteiger partial charge >= 0.3 is 5.97 Å². The van der Waals surface area contributed by atoms with E-state index in [-0.39, 0.29) is 0 Å². The van der Waals surface area contributed by atoms with Gasteiger partial charge in [0.15, 0.2) is 5.13 Å². The van der Waals surface area contributed by atoms with Crippen LogP contribution in [0.2, 0.25) is 10.0 Å². The lowest BCUT2D eigenvalue weighted by Crippen LogP contribution is -2.46. The van der Waals surface area contributed by atoms with E-state index >= 15 is 0 Å². The van der Waals surface area contributed by atoms with Crippen LogP contribution in [-0.2, 0) is 11.3 Å². The van der Waals surface area contributed by atoms with Crippen molar-refractivity contribution in [1.29, 1.82) is 0 Å². The molecular weight excluding hydrogens is 545 g/mol. The first-order valence-electron chi connectivity index (χ1n) is 12.4. The molecule has 0 unspecified atom stereocenters. The van der Waals surface area contributed by atoms with E-state index in [2.05, 4.69) is 28.7 Å². The molecule has 0 radical (unpaired) electrons. The molecule has 0 spiro atoms. The lowest BCUT2D eigenvalue weighted by Gasteiger charge is -2.34. The third kappa shape index (κ3) is 5.08. The summed E-state index contributed by atoms with van der Waals surface area (Å²) in [6, 6.07) is 9.01. The quantitative estimate of drug-likeness (QED) is 0.250. The van der Waals surface area contributed by atoms with E-state index in [1.807, 2.05) is 35.1 Å². The van der Waals surface area contributed by atoms with Gasteiger partial charge in [0.05, 0.1) is 46.4 Å². The van der Waals surface area contributed by atoms with E-state index in [0.29, 0.717) is 33.0 Å². The molecule has 0 bridgehead atoms. The molecule has 2 aromatic heterocycles. The van der Waals surface area contributed by atoms with Gasteiger partial charge in [0.1, 0.15) is 17.0 Å². The van der Waals surface area contributed by atoms with Gasteiger partial charge in [0.25, 0.3) is 0 Å². The number of aromatic nitrogens is 3. The molecule has 1 aliphatic heterocycles. The number of carbonyl (C=O) groups excluding carboxylic acids is 1. The minimum Gasteiger partial charge on any atom is -0.494 e. The molecule has 5 rings (SSSR count). The third-order valence-corrected chi connectivity index (χ3v) is 8.45. The summed E-state index contributed by atoms with van der Waals surface area (Å²) in [7, 11) is 2.95. The Kier molecular flexibility index (Phi) is 7.81. The third-order valence-electron chi connectivity index (χ3n) is 6.78. The highest BCUT2D eigenvalue weighted by molar-refractivity contribution is 7.22. The minimum atomic E-state index is -0.396. The van der Waals surface area contributed by atoms with Crippen LogP contribution >= 0.6 is 34.5 Å². The zero-order valence-corrected chi connectivity index (χ0v) is 24.0. The Labute approximate surface area is 235 Å². The molecule has 1 saturated heterocycles. The lowest BCUT2D eigenvalue weighted by molar-refractivity contribution is 0.0600. The van der Waals surface area contributed by atoms with Gasteiger partial charge in [0, 0.05) is 32.7 Å².